The van der Waals surface area contributed by atoms with Crippen molar-refractivity contribution in [2.45, 2.75) is 25.7 Å². The van der Waals surface area contributed by atoms with E-state index in [1.165, 1.54) is 6.07 Å². The van der Waals surface area contributed by atoms with Gasteiger partial charge in [0.05, 0.1) is 5.92 Å². The van der Waals surface area contributed by atoms with E-state index in [9.17, 15) is 18.4 Å². The number of carbonyl (C=O) groups excluding carboxylic acids is 1. The van der Waals surface area contributed by atoms with Gasteiger partial charge in [-0.15, -0.1) is 0 Å². The fourth-order valence-corrected chi connectivity index (χ4v) is 2.74. The molecule has 1 fully saturated rings. The predicted octanol–water partition coefficient (Wildman–Crippen LogP) is 2.59. The molecule has 0 heterocycles. The van der Waals surface area contributed by atoms with Crippen molar-refractivity contribution in [3.05, 3.63) is 35.4 Å². The van der Waals surface area contributed by atoms with E-state index in [0.29, 0.717) is 6.42 Å². The number of carboxylic acid groups (broad SMARTS) is 1. The van der Waals surface area contributed by atoms with Crippen LogP contribution in [0, 0.1) is 23.5 Å². The number of benzene rings is 1. The average molecular weight is 297 g/mol. The van der Waals surface area contributed by atoms with Crippen LogP contribution >= 0.6 is 0 Å². The maximum absolute atomic E-state index is 13.1. The summed E-state index contributed by atoms with van der Waals surface area (Å²) in [6.07, 6.45) is 3.18. The fraction of sp³-hybridized carbons (Fsp3) is 0.467. The van der Waals surface area contributed by atoms with E-state index in [1.54, 1.807) is 0 Å². The van der Waals surface area contributed by atoms with Crippen molar-refractivity contribution in [1.82, 2.24) is 5.32 Å². The Bertz CT molecular complexity index is 548. The van der Waals surface area contributed by atoms with Crippen LogP contribution < -0.4 is 5.32 Å². The number of hydrogen-bond acceptors (Lipinski definition) is 2. The molecule has 0 radical (unpaired) electrons. The van der Waals surface area contributed by atoms with E-state index in [1.807, 2.05) is 0 Å². The third-order valence-electron chi connectivity index (χ3n) is 3.93. The fourth-order valence-electron chi connectivity index (χ4n) is 2.74. The molecule has 1 aromatic rings. The van der Waals surface area contributed by atoms with Gasteiger partial charge in [0.2, 0.25) is 0 Å². The maximum Gasteiger partial charge on any atom is 0.306 e. The molecule has 114 valence electrons. The van der Waals surface area contributed by atoms with Gasteiger partial charge in [-0.3, -0.25) is 9.59 Å². The number of nitrogens with one attached hydrogen (secondary N) is 1. The smallest absolute Gasteiger partial charge is 0.306 e. The molecule has 0 spiro atoms. The van der Waals surface area contributed by atoms with Crippen molar-refractivity contribution in [3.8, 4) is 0 Å². The molecule has 2 atom stereocenters. The van der Waals surface area contributed by atoms with Gasteiger partial charge in [0.1, 0.15) is 0 Å². The van der Waals surface area contributed by atoms with E-state index in [2.05, 4.69) is 5.32 Å². The number of carboxylic acids is 1. The van der Waals surface area contributed by atoms with Gasteiger partial charge in [0.25, 0.3) is 5.91 Å². The van der Waals surface area contributed by atoms with Crippen LogP contribution in [-0.4, -0.2) is 23.5 Å². The summed E-state index contributed by atoms with van der Waals surface area (Å²) in [6, 6.07) is 2.93. The number of hydrogen-bond donors (Lipinski definition) is 2. The first kappa shape index (κ1) is 15.4. The third-order valence-corrected chi connectivity index (χ3v) is 3.93. The van der Waals surface area contributed by atoms with E-state index >= 15 is 0 Å². The molecular weight excluding hydrogens is 280 g/mol. The molecule has 1 amide bonds. The minimum Gasteiger partial charge on any atom is -0.481 e. The number of rotatable bonds is 4. The zero-order valence-electron chi connectivity index (χ0n) is 11.4. The van der Waals surface area contributed by atoms with Gasteiger partial charge >= 0.3 is 5.97 Å². The van der Waals surface area contributed by atoms with Crippen molar-refractivity contribution in [2.24, 2.45) is 11.8 Å². The summed E-state index contributed by atoms with van der Waals surface area (Å²) in [7, 11) is 0. The molecule has 1 saturated carbocycles. The van der Waals surface area contributed by atoms with Crippen molar-refractivity contribution < 1.29 is 23.5 Å². The molecule has 0 aliphatic heterocycles. The lowest BCUT2D eigenvalue weighted by atomic mass is 9.79. The summed E-state index contributed by atoms with van der Waals surface area (Å²) in [5, 5.41) is 11.8. The molecule has 1 aliphatic carbocycles. The quantitative estimate of drug-likeness (QED) is 0.897. The van der Waals surface area contributed by atoms with E-state index in [0.717, 1.165) is 31.4 Å². The Morgan fingerprint density at radius 1 is 1.19 bits per heavy atom. The van der Waals surface area contributed by atoms with Crippen LogP contribution in [0.2, 0.25) is 0 Å². The Kier molecular flexibility index (Phi) is 4.88. The van der Waals surface area contributed by atoms with Crippen molar-refractivity contribution in [2.75, 3.05) is 6.54 Å². The molecular formula is C15H17F2NO3. The van der Waals surface area contributed by atoms with Crippen LogP contribution in [0.25, 0.3) is 0 Å². The van der Waals surface area contributed by atoms with Gasteiger partial charge in [0, 0.05) is 12.1 Å². The lowest BCUT2D eigenvalue weighted by molar-refractivity contribution is -0.144. The van der Waals surface area contributed by atoms with Gasteiger partial charge in [-0.1, -0.05) is 12.8 Å². The summed E-state index contributed by atoms with van der Waals surface area (Å²) < 4.78 is 25.9. The topological polar surface area (TPSA) is 66.4 Å². The number of carbonyl (C=O) groups is 2. The highest BCUT2D eigenvalue weighted by Gasteiger charge is 2.30. The van der Waals surface area contributed by atoms with Gasteiger partial charge < -0.3 is 10.4 Å². The molecule has 1 aromatic carbocycles. The maximum atomic E-state index is 13.1. The number of halogens is 2. The Labute approximate surface area is 121 Å². The van der Waals surface area contributed by atoms with Crippen LogP contribution in [0.15, 0.2) is 18.2 Å². The lowest BCUT2D eigenvalue weighted by Gasteiger charge is -2.28. The minimum absolute atomic E-state index is 0.0246. The molecule has 21 heavy (non-hydrogen) atoms. The van der Waals surface area contributed by atoms with Gasteiger partial charge in [-0.05, 0) is 37.0 Å². The molecule has 0 aromatic heterocycles. The predicted molar refractivity (Wildman–Crippen MR) is 71.8 cm³/mol. The largest absolute Gasteiger partial charge is 0.481 e. The highest BCUT2D eigenvalue weighted by molar-refractivity contribution is 5.94. The standard InChI is InChI=1S/C15H17F2NO3/c16-12-6-5-9(7-13(12)17)14(19)18-8-10-3-1-2-4-11(10)15(20)21/h5-7,10-11H,1-4,8H2,(H,18,19)(H,20,21). The molecule has 2 unspecified atom stereocenters. The van der Waals surface area contributed by atoms with Crippen LogP contribution in [0.4, 0.5) is 8.78 Å². The minimum atomic E-state index is -1.08. The average Bonchev–Trinajstić information content (AvgIpc) is 2.47. The molecule has 0 bridgehead atoms. The Morgan fingerprint density at radius 2 is 1.90 bits per heavy atom. The van der Waals surface area contributed by atoms with Crippen molar-refractivity contribution >= 4 is 11.9 Å². The van der Waals surface area contributed by atoms with E-state index in [-0.39, 0.29) is 18.0 Å². The molecule has 2 N–H and O–H groups in total. The van der Waals surface area contributed by atoms with Crippen molar-refractivity contribution in [3.63, 3.8) is 0 Å². The third kappa shape index (κ3) is 3.77. The van der Waals surface area contributed by atoms with Crippen molar-refractivity contribution in [1.29, 1.82) is 0 Å². The van der Waals surface area contributed by atoms with Crippen LogP contribution in [0.3, 0.4) is 0 Å². The molecule has 0 saturated heterocycles. The lowest BCUT2D eigenvalue weighted by Crippen LogP contribution is -2.37. The number of aliphatic carboxylic acids is 1. The zero-order chi connectivity index (χ0) is 15.4. The van der Waals surface area contributed by atoms with Crippen LogP contribution in [0.1, 0.15) is 36.0 Å². The summed E-state index contributed by atoms with van der Waals surface area (Å²) in [5.74, 6) is -4.03. The normalized spacial score (nSPS) is 21.8. The summed E-state index contributed by atoms with van der Waals surface area (Å²) in [4.78, 5) is 23.0. The SMILES string of the molecule is O=C(NCC1CCCCC1C(=O)O)c1ccc(F)c(F)c1. The highest BCUT2D eigenvalue weighted by atomic mass is 19.2. The summed E-state index contributed by atoms with van der Waals surface area (Å²) >= 11 is 0. The monoisotopic (exact) mass is 297 g/mol. The van der Waals surface area contributed by atoms with Gasteiger partial charge in [-0.25, -0.2) is 8.78 Å². The summed E-state index contributed by atoms with van der Waals surface area (Å²) in [6.45, 7) is 0.231. The Morgan fingerprint density at radius 3 is 2.57 bits per heavy atom. The molecule has 2 rings (SSSR count). The molecule has 1 aliphatic rings. The molecule has 6 heteroatoms. The van der Waals surface area contributed by atoms with Gasteiger partial charge in [-0.2, -0.15) is 0 Å². The summed E-state index contributed by atoms with van der Waals surface area (Å²) in [5.41, 5.74) is 0.0246. The Hall–Kier alpha value is -1.98. The van der Waals surface area contributed by atoms with E-state index in [4.69, 9.17) is 5.11 Å². The van der Waals surface area contributed by atoms with Gasteiger partial charge in [0.15, 0.2) is 11.6 Å². The molecule has 4 nitrogen and oxygen atoms in total. The first-order valence-corrected chi connectivity index (χ1v) is 6.95. The van der Waals surface area contributed by atoms with Crippen LogP contribution in [0.5, 0.6) is 0 Å². The van der Waals surface area contributed by atoms with E-state index < -0.39 is 29.4 Å². The second-order valence-corrected chi connectivity index (χ2v) is 5.33. The second kappa shape index (κ2) is 6.65. The first-order valence-electron chi connectivity index (χ1n) is 6.95. The number of amides is 1. The Balaban J connectivity index is 1.96. The first-order chi connectivity index (χ1) is 9.99. The zero-order valence-corrected chi connectivity index (χ0v) is 11.4. The highest BCUT2D eigenvalue weighted by Crippen LogP contribution is 2.29. The van der Waals surface area contributed by atoms with Crippen LogP contribution in [-0.2, 0) is 4.79 Å². The second-order valence-electron chi connectivity index (χ2n) is 5.33.